The largest absolute Gasteiger partial charge is 0.466 e. The second-order valence-corrected chi connectivity index (χ2v) is 8.79. The average Bonchev–Trinajstić information content (AvgIpc) is 2.91. The number of rotatable bonds is 5. The molecule has 2 aromatic rings. The van der Waals surface area contributed by atoms with Crippen molar-refractivity contribution in [1.82, 2.24) is 0 Å². The number of benzene rings is 2. The molecule has 1 aliphatic carbocycles. The van der Waals surface area contributed by atoms with Crippen LogP contribution in [0.25, 0.3) is 0 Å². The van der Waals surface area contributed by atoms with E-state index in [2.05, 4.69) is 10.6 Å². The van der Waals surface area contributed by atoms with E-state index >= 15 is 0 Å². The fraction of sp³-hybridized carbons (Fsp3) is 0.458. The first kappa shape index (κ1) is 21.9. The number of halogens is 3. The number of nitrogens with one attached hydrogen (secondary N) is 2. The van der Waals surface area contributed by atoms with Gasteiger partial charge in [0.25, 0.3) is 0 Å². The van der Waals surface area contributed by atoms with Gasteiger partial charge < -0.3 is 15.4 Å². The van der Waals surface area contributed by atoms with Crippen LogP contribution in [0.15, 0.2) is 36.4 Å². The van der Waals surface area contributed by atoms with Gasteiger partial charge in [0.05, 0.1) is 18.0 Å². The highest BCUT2D eigenvalue weighted by Gasteiger charge is 2.52. The van der Waals surface area contributed by atoms with Crippen molar-refractivity contribution in [2.75, 3.05) is 17.2 Å². The predicted molar refractivity (Wildman–Crippen MR) is 118 cm³/mol. The molecule has 4 nitrogen and oxygen atoms in total. The van der Waals surface area contributed by atoms with Gasteiger partial charge in [0.1, 0.15) is 11.6 Å². The van der Waals surface area contributed by atoms with E-state index < -0.39 is 23.2 Å². The number of ether oxygens (including phenoxy) is 1. The molecule has 1 heterocycles. The van der Waals surface area contributed by atoms with Gasteiger partial charge in [-0.25, -0.2) is 8.78 Å². The highest BCUT2D eigenvalue weighted by atomic mass is 35.5. The normalized spacial score (nSPS) is 19.0. The lowest BCUT2D eigenvalue weighted by atomic mass is 9.74. The zero-order chi connectivity index (χ0) is 22.0. The third-order valence-corrected chi connectivity index (χ3v) is 6.65. The van der Waals surface area contributed by atoms with Crippen LogP contribution < -0.4 is 10.6 Å². The fourth-order valence-corrected chi connectivity index (χ4v) is 5.13. The minimum atomic E-state index is -1.10. The molecule has 4 rings (SSSR count). The standard InChI is InChI=1S/C24H27ClF2N2O2/c1-2-31-23(30)22(15-7-5-3-4-6-8-15)24(16-9-11-17(25)12-10-16)28-20-13-18(26)19(27)14-21(20)29-24/h9-15,22,28-29H,2-8H2,1H3. The lowest BCUT2D eigenvalue weighted by Crippen LogP contribution is -2.52. The van der Waals surface area contributed by atoms with Crippen molar-refractivity contribution in [3.63, 3.8) is 0 Å². The van der Waals surface area contributed by atoms with E-state index in [1.165, 1.54) is 0 Å². The first-order chi connectivity index (χ1) is 14.9. The van der Waals surface area contributed by atoms with Gasteiger partial charge in [0, 0.05) is 17.2 Å². The van der Waals surface area contributed by atoms with Crippen LogP contribution in [0.2, 0.25) is 5.02 Å². The molecule has 1 aliphatic heterocycles. The van der Waals surface area contributed by atoms with Gasteiger partial charge in [-0.1, -0.05) is 49.4 Å². The molecule has 1 fully saturated rings. The quantitative estimate of drug-likeness (QED) is 0.407. The summed E-state index contributed by atoms with van der Waals surface area (Å²) in [6, 6.07) is 9.44. The summed E-state index contributed by atoms with van der Waals surface area (Å²) in [4.78, 5) is 13.4. The average molecular weight is 449 g/mol. The molecule has 0 aromatic heterocycles. The third kappa shape index (κ3) is 4.22. The van der Waals surface area contributed by atoms with Gasteiger partial charge in [-0.15, -0.1) is 0 Å². The van der Waals surface area contributed by atoms with E-state index in [0.29, 0.717) is 16.4 Å². The Morgan fingerprint density at radius 3 is 2.13 bits per heavy atom. The molecule has 2 aliphatic rings. The highest BCUT2D eigenvalue weighted by Crippen LogP contribution is 2.49. The molecular formula is C24H27ClF2N2O2. The Morgan fingerprint density at radius 2 is 1.61 bits per heavy atom. The van der Waals surface area contributed by atoms with Crippen molar-refractivity contribution in [1.29, 1.82) is 0 Å². The summed E-state index contributed by atoms with van der Waals surface area (Å²) in [7, 11) is 0. The summed E-state index contributed by atoms with van der Waals surface area (Å²) >= 11 is 6.12. The minimum Gasteiger partial charge on any atom is -0.466 e. The fourth-order valence-electron chi connectivity index (χ4n) is 5.00. The Balaban J connectivity index is 1.85. The maximum absolute atomic E-state index is 14.0. The van der Waals surface area contributed by atoms with Gasteiger partial charge >= 0.3 is 5.97 Å². The molecule has 0 saturated heterocycles. The first-order valence-electron chi connectivity index (χ1n) is 10.9. The van der Waals surface area contributed by atoms with Gasteiger partial charge in [0.2, 0.25) is 0 Å². The summed E-state index contributed by atoms with van der Waals surface area (Å²) in [6.45, 7) is 2.04. The van der Waals surface area contributed by atoms with Crippen LogP contribution in [-0.2, 0) is 15.2 Å². The third-order valence-electron chi connectivity index (χ3n) is 6.40. The molecule has 0 radical (unpaired) electrons. The Kier molecular flexibility index (Phi) is 6.37. The van der Waals surface area contributed by atoms with Gasteiger partial charge in [-0.3, -0.25) is 4.79 Å². The lowest BCUT2D eigenvalue weighted by molar-refractivity contribution is -0.152. The molecule has 1 saturated carbocycles. The second kappa shape index (κ2) is 9.03. The summed E-state index contributed by atoms with van der Waals surface area (Å²) in [6.07, 6.45) is 6.12. The van der Waals surface area contributed by atoms with E-state index in [9.17, 15) is 13.6 Å². The minimum absolute atomic E-state index is 0.0567. The van der Waals surface area contributed by atoms with Crippen molar-refractivity contribution in [2.24, 2.45) is 11.8 Å². The molecule has 0 bridgehead atoms. The van der Waals surface area contributed by atoms with E-state index in [1.54, 1.807) is 19.1 Å². The summed E-state index contributed by atoms with van der Waals surface area (Å²) in [5, 5.41) is 7.26. The van der Waals surface area contributed by atoms with Crippen LogP contribution >= 0.6 is 11.6 Å². The predicted octanol–water partition coefficient (Wildman–Crippen LogP) is 6.46. The lowest BCUT2D eigenvalue weighted by Gasteiger charge is -2.41. The Hall–Kier alpha value is -2.34. The summed E-state index contributed by atoms with van der Waals surface area (Å²) in [5.41, 5.74) is 0.485. The number of esters is 1. The zero-order valence-electron chi connectivity index (χ0n) is 17.5. The topological polar surface area (TPSA) is 50.4 Å². The Bertz CT molecular complexity index is 912. The number of carbonyl (C=O) groups is 1. The highest BCUT2D eigenvalue weighted by molar-refractivity contribution is 6.30. The van der Waals surface area contributed by atoms with Gasteiger partial charge in [0.15, 0.2) is 11.6 Å². The SMILES string of the molecule is CCOC(=O)C(C1CCCCCC1)C1(c2ccc(Cl)cc2)Nc2cc(F)c(F)cc2N1. The molecular weight excluding hydrogens is 422 g/mol. The van der Waals surface area contributed by atoms with Crippen molar-refractivity contribution in [3.05, 3.63) is 58.6 Å². The van der Waals surface area contributed by atoms with Crippen LogP contribution in [0, 0.1) is 23.5 Å². The van der Waals surface area contributed by atoms with Crippen molar-refractivity contribution < 1.29 is 18.3 Å². The zero-order valence-corrected chi connectivity index (χ0v) is 18.3. The summed E-state index contributed by atoms with van der Waals surface area (Å²) < 4.78 is 33.6. The smallest absolute Gasteiger partial charge is 0.313 e. The number of carbonyl (C=O) groups excluding carboxylic acids is 1. The van der Waals surface area contributed by atoms with E-state index in [0.717, 1.165) is 56.2 Å². The maximum atomic E-state index is 14.0. The first-order valence-corrected chi connectivity index (χ1v) is 11.3. The van der Waals surface area contributed by atoms with E-state index in [4.69, 9.17) is 16.3 Å². The van der Waals surface area contributed by atoms with Crippen LogP contribution in [-0.4, -0.2) is 12.6 Å². The number of fused-ring (bicyclic) bond motifs is 1. The number of hydrogen-bond acceptors (Lipinski definition) is 4. The van der Waals surface area contributed by atoms with Gasteiger partial charge in [-0.05, 0) is 43.4 Å². The van der Waals surface area contributed by atoms with Crippen LogP contribution in [0.3, 0.4) is 0 Å². The number of anilines is 2. The molecule has 7 heteroatoms. The molecule has 1 atom stereocenters. The van der Waals surface area contributed by atoms with Crippen LogP contribution in [0.5, 0.6) is 0 Å². The Morgan fingerprint density at radius 1 is 1.06 bits per heavy atom. The van der Waals surface area contributed by atoms with Gasteiger partial charge in [-0.2, -0.15) is 0 Å². The van der Waals surface area contributed by atoms with Crippen LogP contribution in [0.1, 0.15) is 51.0 Å². The molecule has 2 aromatic carbocycles. The van der Waals surface area contributed by atoms with Crippen molar-refractivity contribution >= 4 is 28.9 Å². The number of hydrogen-bond donors (Lipinski definition) is 2. The van der Waals surface area contributed by atoms with Crippen molar-refractivity contribution in [3.8, 4) is 0 Å². The van der Waals surface area contributed by atoms with Crippen LogP contribution in [0.4, 0.5) is 20.2 Å². The maximum Gasteiger partial charge on any atom is 0.313 e. The molecule has 1 unspecified atom stereocenters. The second-order valence-electron chi connectivity index (χ2n) is 8.36. The molecule has 0 amide bonds. The van der Waals surface area contributed by atoms with E-state index in [-0.39, 0.29) is 18.5 Å². The van der Waals surface area contributed by atoms with E-state index in [1.807, 2.05) is 12.1 Å². The molecule has 2 N–H and O–H groups in total. The molecule has 31 heavy (non-hydrogen) atoms. The monoisotopic (exact) mass is 448 g/mol. The van der Waals surface area contributed by atoms with Crippen molar-refractivity contribution in [2.45, 2.75) is 51.1 Å². The summed E-state index contributed by atoms with van der Waals surface area (Å²) in [5.74, 6) is -2.74. The Labute approximate surface area is 186 Å². The molecule has 0 spiro atoms. The molecule has 166 valence electrons.